The van der Waals surface area contributed by atoms with Crippen LogP contribution in [0, 0.1) is 0 Å². The zero-order chi connectivity index (χ0) is 15.7. The van der Waals surface area contributed by atoms with Crippen LogP contribution in [0.5, 0.6) is 5.88 Å². The summed E-state index contributed by atoms with van der Waals surface area (Å²) >= 11 is 1.54. The molecular formula is C12H20N4O3S2. The highest BCUT2D eigenvalue weighted by Gasteiger charge is 2.22. The van der Waals surface area contributed by atoms with Crippen molar-refractivity contribution >= 4 is 26.3 Å². The smallest absolute Gasteiger partial charge is 0.237 e. The molecule has 0 bridgehead atoms. The van der Waals surface area contributed by atoms with Crippen LogP contribution < -0.4 is 14.8 Å². The minimum absolute atomic E-state index is 0.487. The molecule has 0 spiro atoms. The molecule has 2 N–H and O–H groups in total. The lowest BCUT2D eigenvalue weighted by Gasteiger charge is -2.25. The molecule has 0 aromatic carbocycles. The van der Waals surface area contributed by atoms with Crippen molar-refractivity contribution in [3.8, 4) is 5.88 Å². The SMILES string of the molecule is COc1nc2sccn2c1CNCC(C)(C)NS(C)(=O)=O. The summed E-state index contributed by atoms with van der Waals surface area (Å²) in [7, 11) is -1.65. The van der Waals surface area contributed by atoms with Crippen LogP contribution >= 0.6 is 11.3 Å². The second kappa shape index (κ2) is 5.91. The summed E-state index contributed by atoms with van der Waals surface area (Å²) in [5.41, 5.74) is 0.350. The highest BCUT2D eigenvalue weighted by Crippen LogP contribution is 2.22. The third-order valence-electron chi connectivity index (χ3n) is 2.84. The van der Waals surface area contributed by atoms with Crippen LogP contribution in [0.15, 0.2) is 11.6 Å². The average molecular weight is 332 g/mol. The fourth-order valence-corrected chi connectivity index (χ4v) is 3.97. The van der Waals surface area contributed by atoms with E-state index in [2.05, 4.69) is 15.0 Å². The second-order valence-electron chi connectivity index (χ2n) is 5.49. The third kappa shape index (κ3) is 4.16. The Morgan fingerprint density at radius 3 is 2.81 bits per heavy atom. The number of imidazole rings is 1. The molecule has 7 nitrogen and oxygen atoms in total. The molecule has 0 aliphatic rings. The number of rotatable bonds is 7. The number of hydrogen-bond acceptors (Lipinski definition) is 6. The fraction of sp³-hybridized carbons (Fsp3) is 0.583. The first-order valence-corrected chi connectivity index (χ1v) is 9.17. The Bertz CT molecular complexity index is 718. The van der Waals surface area contributed by atoms with Crippen LogP contribution in [0.1, 0.15) is 19.5 Å². The highest BCUT2D eigenvalue weighted by atomic mass is 32.2. The number of nitrogens with one attached hydrogen (secondary N) is 2. The number of aromatic nitrogens is 2. The fourth-order valence-electron chi connectivity index (χ4n) is 2.17. The molecule has 21 heavy (non-hydrogen) atoms. The molecule has 2 aromatic rings. The quantitative estimate of drug-likeness (QED) is 0.784. The van der Waals surface area contributed by atoms with Gasteiger partial charge in [0.1, 0.15) is 5.69 Å². The largest absolute Gasteiger partial charge is 0.480 e. The van der Waals surface area contributed by atoms with Gasteiger partial charge in [-0.15, -0.1) is 11.3 Å². The first-order chi connectivity index (χ1) is 9.72. The van der Waals surface area contributed by atoms with Gasteiger partial charge >= 0.3 is 0 Å². The lowest BCUT2D eigenvalue weighted by molar-refractivity contribution is 0.386. The van der Waals surface area contributed by atoms with E-state index in [0.717, 1.165) is 16.9 Å². The van der Waals surface area contributed by atoms with Gasteiger partial charge in [0.25, 0.3) is 0 Å². The maximum Gasteiger partial charge on any atom is 0.237 e. The van der Waals surface area contributed by atoms with Gasteiger partial charge in [0.2, 0.25) is 15.9 Å². The van der Waals surface area contributed by atoms with E-state index in [0.29, 0.717) is 19.0 Å². The average Bonchev–Trinajstić information content (AvgIpc) is 2.87. The van der Waals surface area contributed by atoms with Gasteiger partial charge in [-0.25, -0.2) is 13.1 Å². The van der Waals surface area contributed by atoms with Gasteiger partial charge in [-0.2, -0.15) is 4.98 Å². The summed E-state index contributed by atoms with van der Waals surface area (Å²) < 4.78 is 32.5. The van der Waals surface area contributed by atoms with Crippen molar-refractivity contribution < 1.29 is 13.2 Å². The van der Waals surface area contributed by atoms with Crippen molar-refractivity contribution in [1.82, 2.24) is 19.4 Å². The van der Waals surface area contributed by atoms with Gasteiger partial charge < -0.3 is 10.1 Å². The van der Waals surface area contributed by atoms with Crippen LogP contribution in [0.4, 0.5) is 0 Å². The molecule has 0 aliphatic carbocycles. The van der Waals surface area contributed by atoms with Gasteiger partial charge in [-0.05, 0) is 13.8 Å². The zero-order valence-electron chi connectivity index (χ0n) is 12.5. The van der Waals surface area contributed by atoms with E-state index >= 15 is 0 Å². The lowest BCUT2D eigenvalue weighted by atomic mass is 10.1. The summed E-state index contributed by atoms with van der Waals surface area (Å²) in [5.74, 6) is 0.586. The molecule has 2 rings (SSSR count). The Labute approximate surface area is 128 Å². The number of ether oxygens (including phenoxy) is 1. The summed E-state index contributed by atoms with van der Waals surface area (Å²) in [6, 6.07) is 0. The molecular weight excluding hydrogens is 312 g/mol. The van der Waals surface area contributed by atoms with E-state index < -0.39 is 15.6 Å². The number of sulfonamides is 1. The Morgan fingerprint density at radius 1 is 1.48 bits per heavy atom. The molecule has 0 amide bonds. The highest BCUT2D eigenvalue weighted by molar-refractivity contribution is 7.88. The maximum absolute atomic E-state index is 11.3. The first-order valence-electron chi connectivity index (χ1n) is 6.40. The molecule has 0 saturated carbocycles. The molecule has 0 radical (unpaired) electrons. The Morgan fingerprint density at radius 2 is 2.19 bits per heavy atom. The molecule has 2 heterocycles. The standard InChI is InChI=1S/C12H20N4O3S2/c1-12(2,15-21(4,17)18)8-13-7-9-10(19-3)14-11-16(9)5-6-20-11/h5-6,13,15H,7-8H2,1-4H3. The normalized spacial score (nSPS) is 13.0. The van der Waals surface area contributed by atoms with Crippen LogP contribution in [-0.4, -0.2) is 43.3 Å². The molecule has 0 unspecified atom stereocenters. The monoisotopic (exact) mass is 332 g/mol. The van der Waals surface area contributed by atoms with Gasteiger partial charge in [0, 0.05) is 30.2 Å². The van der Waals surface area contributed by atoms with E-state index in [1.165, 1.54) is 11.3 Å². The minimum Gasteiger partial charge on any atom is -0.480 e. The van der Waals surface area contributed by atoms with Crippen LogP contribution in [0.3, 0.4) is 0 Å². The number of hydrogen-bond donors (Lipinski definition) is 2. The third-order valence-corrected chi connectivity index (χ3v) is 4.52. The van der Waals surface area contributed by atoms with Crippen molar-refractivity contribution in [2.75, 3.05) is 19.9 Å². The summed E-state index contributed by atoms with van der Waals surface area (Å²) in [6.07, 6.45) is 3.09. The zero-order valence-corrected chi connectivity index (χ0v) is 14.1. The number of methoxy groups -OCH3 is 1. The summed E-state index contributed by atoms with van der Waals surface area (Å²) in [6.45, 7) is 4.68. The summed E-state index contributed by atoms with van der Waals surface area (Å²) in [4.78, 5) is 5.25. The van der Waals surface area contributed by atoms with E-state index in [1.54, 1.807) is 7.11 Å². The van der Waals surface area contributed by atoms with Crippen molar-refractivity contribution in [2.45, 2.75) is 25.9 Å². The Balaban J connectivity index is 2.03. The van der Waals surface area contributed by atoms with Gasteiger partial charge in [0.05, 0.1) is 13.4 Å². The molecule has 0 fully saturated rings. The molecule has 0 aliphatic heterocycles. The number of fused-ring (bicyclic) bond motifs is 1. The predicted molar refractivity (Wildman–Crippen MR) is 83.4 cm³/mol. The van der Waals surface area contributed by atoms with Crippen molar-refractivity contribution in [2.24, 2.45) is 0 Å². The molecule has 9 heteroatoms. The molecule has 0 atom stereocenters. The Kier molecular flexibility index (Phi) is 4.57. The van der Waals surface area contributed by atoms with E-state index in [9.17, 15) is 8.42 Å². The van der Waals surface area contributed by atoms with Crippen molar-refractivity contribution in [3.05, 3.63) is 17.3 Å². The van der Waals surface area contributed by atoms with E-state index in [-0.39, 0.29) is 0 Å². The van der Waals surface area contributed by atoms with Gasteiger partial charge in [0.15, 0.2) is 4.96 Å². The summed E-state index contributed by atoms with van der Waals surface area (Å²) in [5, 5.41) is 5.20. The Hall–Kier alpha value is -1.16. The van der Waals surface area contributed by atoms with Crippen LogP contribution in [0.25, 0.3) is 4.96 Å². The van der Waals surface area contributed by atoms with Crippen LogP contribution in [0.2, 0.25) is 0 Å². The van der Waals surface area contributed by atoms with Gasteiger partial charge in [-0.3, -0.25) is 4.40 Å². The maximum atomic E-state index is 11.3. The van der Waals surface area contributed by atoms with Crippen molar-refractivity contribution in [3.63, 3.8) is 0 Å². The van der Waals surface area contributed by atoms with E-state index in [4.69, 9.17) is 4.74 Å². The van der Waals surface area contributed by atoms with Crippen molar-refractivity contribution in [1.29, 1.82) is 0 Å². The second-order valence-corrected chi connectivity index (χ2v) is 8.11. The van der Waals surface area contributed by atoms with E-state index in [1.807, 2.05) is 29.8 Å². The molecule has 2 aromatic heterocycles. The minimum atomic E-state index is -3.24. The van der Waals surface area contributed by atoms with Crippen LogP contribution in [-0.2, 0) is 16.6 Å². The molecule has 0 saturated heterocycles. The molecule has 118 valence electrons. The first kappa shape index (κ1) is 16.2. The lowest BCUT2D eigenvalue weighted by Crippen LogP contribution is -2.49. The predicted octanol–water partition coefficient (Wildman–Crippen LogP) is 0.822. The topological polar surface area (TPSA) is 84.7 Å². The number of thiazole rings is 1. The number of nitrogens with zero attached hydrogens (tertiary/aromatic N) is 2. The van der Waals surface area contributed by atoms with Gasteiger partial charge in [-0.1, -0.05) is 0 Å².